The molecule has 10 heteroatoms. The van der Waals surface area contributed by atoms with Crippen LogP contribution in [0.3, 0.4) is 0 Å². The van der Waals surface area contributed by atoms with Crippen molar-refractivity contribution in [1.82, 2.24) is 10.6 Å². The third-order valence-corrected chi connectivity index (χ3v) is 2.91. The average Bonchev–Trinajstić information content (AvgIpc) is 2.45. The van der Waals surface area contributed by atoms with E-state index in [1.165, 1.54) is 26.2 Å². The molecule has 0 aromatic heterocycles. The number of nitrogens with one attached hydrogen (secondary N) is 4. The first-order valence-corrected chi connectivity index (χ1v) is 6.92. The smallest absolute Gasteiger partial charge is 0.341 e. The second-order valence-electron chi connectivity index (χ2n) is 5.03. The Labute approximate surface area is 136 Å². The predicted octanol–water partition coefficient (Wildman–Crippen LogP) is -0.386. The van der Waals surface area contributed by atoms with Gasteiger partial charge in [-0.2, -0.15) is 13.2 Å². The molecule has 1 aromatic rings. The van der Waals surface area contributed by atoms with Gasteiger partial charge in [-0.1, -0.05) is 12.1 Å². The predicted molar refractivity (Wildman–Crippen MR) is 79.3 cm³/mol. The fourth-order valence-electron chi connectivity index (χ4n) is 1.88. The lowest BCUT2D eigenvalue weighted by Crippen LogP contribution is -3.11. The summed E-state index contributed by atoms with van der Waals surface area (Å²) in [6, 6.07) is 3.92. The number of alkyl halides is 3. The maximum Gasteiger partial charge on any atom is 0.418 e. The van der Waals surface area contributed by atoms with Crippen molar-refractivity contribution < 1.29 is 32.5 Å². The molecular weight excluding hydrogens is 329 g/mol. The van der Waals surface area contributed by atoms with Crippen LogP contribution in [0.5, 0.6) is 0 Å². The van der Waals surface area contributed by atoms with E-state index in [1.807, 2.05) is 5.32 Å². The Hall–Kier alpha value is -2.62. The molecule has 0 fully saturated rings. The van der Waals surface area contributed by atoms with E-state index in [0.717, 1.165) is 12.1 Å². The van der Waals surface area contributed by atoms with Gasteiger partial charge in [-0.25, -0.2) is 4.79 Å². The molecule has 0 saturated heterocycles. The minimum atomic E-state index is -4.59. The van der Waals surface area contributed by atoms with Crippen molar-refractivity contribution in [3.63, 3.8) is 0 Å². The maximum absolute atomic E-state index is 12.8. The molecule has 0 heterocycles. The zero-order valence-electron chi connectivity index (χ0n) is 13.1. The van der Waals surface area contributed by atoms with Crippen LogP contribution in [0.2, 0.25) is 0 Å². The normalized spacial score (nSPS) is 12.2. The van der Waals surface area contributed by atoms with Gasteiger partial charge in [-0.05, 0) is 12.1 Å². The molecule has 1 aromatic carbocycles. The Morgan fingerprint density at radius 1 is 1.08 bits per heavy atom. The molecule has 1 unspecified atom stereocenters. The van der Waals surface area contributed by atoms with E-state index in [2.05, 4.69) is 10.6 Å². The zero-order valence-corrected chi connectivity index (χ0v) is 13.1. The molecule has 7 nitrogen and oxygen atoms in total. The number of imide groups is 1. The van der Waals surface area contributed by atoms with Gasteiger partial charge >= 0.3 is 12.2 Å². The lowest BCUT2D eigenvalue weighted by Gasteiger charge is -2.16. The van der Waals surface area contributed by atoms with Crippen LogP contribution in [0.1, 0.15) is 5.56 Å². The molecular formula is C14H18F3N4O3+. The van der Waals surface area contributed by atoms with Crippen molar-refractivity contribution in [3.8, 4) is 0 Å². The van der Waals surface area contributed by atoms with Gasteiger partial charge in [-0.15, -0.1) is 0 Å². The quantitative estimate of drug-likeness (QED) is 0.585. The van der Waals surface area contributed by atoms with Crippen LogP contribution in [0.15, 0.2) is 24.3 Å². The van der Waals surface area contributed by atoms with E-state index in [9.17, 15) is 27.6 Å². The van der Waals surface area contributed by atoms with Crippen LogP contribution in [-0.2, 0) is 15.8 Å². The summed E-state index contributed by atoms with van der Waals surface area (Å²) in [4.78, 5) is 34.7. The lowest BCUT2D eigenvalue weighted by atomic mass is 10.1. The summed E-state index contributed by atoms with van der Waals surface area (Å²) in [5.74, 6) is -1.30. The van der Waals surface area contributed by atoms with Gasteiger partial charge in [0, 0.05) is 7.05 Å². The molecule has 4 amide bonds. The largest absolute Gasteiger partial charge is 0.418 e. The van der Waals surface area contributed by atoms with Gasteiger partial charge in [0.2, 0.25) is 0 Å². The van der Waals surface area contributed by atoms with E-state index in [4.69, 9.17) is 0 Å². The fourth-order valence-corrected chi connectivity index (χ4v) is 1.88. The standard InChI is InChI=1S/C14H17F3N4O3/c1-18-13(24)20-12(23)8-21(2)7-11(22)19-10-6-4-3-5-9(10)14(15,16)17/h3-6H,7-8H2,1-2H3,(H,19,22)(H2,18,20,23,24)/p+1. The number of halogens is 3. The van der Waals surface area contributed by atoms with E-state index in [1.54, 1.807) is 0 Å². The highest BCUT2D eigenvalue weighted by Gasteiger charge is 2.33. The molecule has 0 aliphatic carbocycles. The van der Waals surface area contributed by atoms with Crippen LogP contribution in [0.4, 0.5) is 23.7 Å². The number of quaternary nitrogens is 1. The molecule has 4 N–H and O–H groups in total. The summed E-state index contributed by atoms with van der Waals surface area (Å²) < 4.78 is 38.5. The van der Waals surface area contributed by atoms with Crippen molar-refractivity contribution >= 4 is 23.5 Å². The summed E-state index contributed by atoms with van der Waals surface area (Å²) >= 11 is 0. The molecule has 1 atom stereocenters. The number of carbonyl (C=O) groups is 3. The van der Waals surface area contributed by atoms with E-state index >= 15 is 0 Å². The zero-order chi connectivity index (χ0) is 18.3. The number of anilines is 1. The minimum Gasteiger partial charge on any atom is -0.341 e. The minimum absolute atomic E-state index is 0.193. The SMILES string of the molecule is CNC(=O)NC(=O)C[NH+](C)CC(=O)Nc1ccccc1C(F)(F)F. The van der Waals surface area contributed by atoms with Crippen LogP contribution < -0.4 is 20.9 Å². The second-order valence-corrected chi connectivity index (χ2v) is 5.03. The third kappa shape index (κ3) is 6.24. The number of benzene rings is 1. The number of urea groups is 1. The van der Waals surface area contributed by atoms with Crippen LogP contribution >= 0.6 is 0 Å². The Morgan fingerprint density at radius 2 is 1.67 bits per heavy atom. The third-order valence-electron chi connectivity index (χ3n) is 2.91. The maximum atomic E-state index is 12.8. The second kappa shape index (κ2) is 8.29. The monoisotopic (exact) mass is 347 g/mol. The van der Waals surface area contributed by atoms with Crippen molar-refractivity contribution in [2.45, 2.75) is 6.18 Å². The van der Waals surface area contributed by atoms with Gasteiger partial charge in [0.15, 0.2) is 13.1 Å². The summed E-state index contributed by atoms with van der Waals surface area (Å²) in [5, 5.41) is 6.40. The van der Waals surface area contributed by atoms with Crippen molar-refractivity contribution in [3.05, 3.63) is 29.8 Å². The van der Waals surface area contributed by atoms with E-state index < -0.39 is 29.6 Å². The number of amides is 4. The van der Waals surface area contributed by atoms with Crippen LogP contribution in [0.25, 0.3) is 0 Å². The number of hydrogen-bond donors (Lipinski definition) is 4. The van der Waals surface area contributed by atoms with Crippen LogP contribution in [-0.4, -0.2) is 45.0 Å². The van der Waals surface area contributed by atoms with Gasteiger partial charge in [0.1, 0.15) is 0 Å². The molecule has 0 radical (unpaired) electrons. The summed E-state index contributed by atoms with van der Waals surface area (Å²) in [6.45, 7) is -0.435. The number of likely N-dealkylation sites (N-methyl/N-ethyl adjacent to an activating group) is 1. The lowest BCUT2D eigenvalue weighted by molar-refractivity contribution is -0.862. The topological polar surface area (TPSA) is 91.7 Å². The van der Waals surface area contributed by atoms with Gasteiger partial charge < -0.3 is 15.5 Å². The number of carbonyl (C=O) groups excluding carboxylic acids is 3. The average molecular weight is 347 g/mol. The fraction of sp³-hybridized carbons (Fsp3) is 0.357. The Balaban J connectivity index is 2.61. The van der Waals surface area contributed by atoms with E-state index in [0.29, 0.717) is 4.90 Å². The van der Waals surface area contributed by atoms with E-state index in [-0.39, 0.29) is 18.8 Å². The summed E-state index contributed by atoms with van der Waals surface area (Å²) in [5.41, 5.74) is -1.30. The molecule has 0 aliphatic rings. The molecule has 1 rings (SSSR count). The van der Waals surface area contributed by atoms with Crippen molar-refractivity contribution in [2.75, 3.05) is 32.5 Å². The number of para-hydroxylation sites is 1. The Kier molecular flexibility index (Phi) is 6.71. The van der Waals surface area contributed by atoms with Gasteiger partial charge in [0.25, 0.3) is 11.8 Å². The molecule has 132 valence electrons. The molecule has 0 bridgehead atoms. The molecule has 24 heavy (non-hydrogen) atoms. The summed E-state index contributed by atoms with van der Waals surface area (Å²) in [7, 11) is 2.84. The van der Waals surface area contributed by atoms with Gasteiger partial charge in [-0.3, -0.25) is 14.9 Å². The Morgan fingerprint density at radius 3 is 2.25 bits per heavy atom. The van der Waals surface area contributed by atoms with Crippen molar-refractivity contribution in [1.29, 1.82) is 0 Å². The summed E-state index contributed by atoms with van der Waals surface area (Å²) in [6.07, 6.45) is -4.59. The molecule has 0 aliphatic heterocycles. The molecule has 0 spiro atoms. The highest BCUT2D eigenvalue weighted by molar-refractivity contribution is 5.95. The highest BCUT2D eigenvalue weighted by atomic mass is 19.4. The van der Waals surface area contributed by atoms with Crippen molar-refractivity contribution in [2.24, 2.45) is 0 Å². The first-order valence-electron chi connectivity index (χ1n) is 6.92. The molecule has 0 saturated carbocycles. The first kappa shape index (κ1) is 19.4. The number of rotatable bonds is 5. The number of hydrogen-bond acceptors (Lipinski definition) is 3. The van der Waals surface area contributed by atoms with Gasteiger partial charge in [0.05, 0.1) is 18.3 Å². The Bertz CT molecular complexity index is 620. The highest BCUT2D eigenvalue weighted by Crippen LogP contribution is 2.34. The van der Waals surface area contributed by atoms with Crippen LogP contribution in [0, 0.1) is 0 Å². The first-order chi connectivity index (χ1) is 11.1.